The topological polar surface area (TPSA) is 29.3 Å². The van der Waals surface area contributed by atoms with Crippen molar-refractivity contribution in [1.82, 2.24) is 4.90 Å². The van der Waals surface area contributed by atoms with Gasteiger partial charge in [-0.3, -0.25) is 0 Å². The van der Waals surface area contributed by atoms with Crippen molar-refractivity contribution in [2.45, 2.75) is 19.9 Å². The highest BCUT2D eigenvalue weighted by molar-refractivity contribution is 5.35. The third kappa shape index (κ3) is 2.34. The molecule has 0 saturated carbocycles. The van der Waals surface area contributed by atoms with Crippen molar-refractivity contribution in [3.8, 4) is 0 Å². The van der Waals surface area contributed by atoms with Crippen LogP contribution in [0.1, 0.15) is 16.7 Å². The Morgan fingerprint density at radius 3 is 2.71 bits per heavy atom. The molecule has 0 aliphatic carbocycles. The minimum atomic E-state index is 1.12. The van der Waals surface area contributed by atoms with Gasteiger partial charge in [-0.15, -0.1) is 0 Å². The van der Waals surface area contributed by atoms with Crippen molar-refractivity contribution in [1.29, 1.82) is 0 Å². The Hall–Kier alpha value is -0.860. The fourth-order valence-corrected chi connectivity index (χ4v) is 1.94. The normalized spacial score (nSPS) is 15.4. The molecule has 0 bridgehead atoms. The smallest absolute Gasteiger partial charge is 0.0233 e. The highest BCUT2D eigenvalue weighted by Gasteiger charge is 2.13. The van der Waals surface area contributed by atoms with Crippen molar-refractivity contribution in [2.24, 2.45) is 5.73 Å². The monoisotopic (exact) mass is 192 g/mol. The highest BCUT2D eigenvalue weighted by Crippen LogP contribution is 2.20. The summed E-state index contributed by atoms with van der Waals surface area (Å²) >= 11 is 0. The summed E-state index contributed by atoms with van der Waals surface area (Å²) in [6.07, 6.45) is 1.22. The first-order valence-electron chi connectivity index (χ1n) is 5.11. The minimum Gasteiger partial charge on any atom is -0.333 e. The number of fused-ring (bicyclic) bond motifs is 1. The van der Waals surface area contributed by atoms with Crippen LogP contribution in [-0.2, 0) is 13.0 Å². The Morgan fingerprint density at radius 2 is 2.00 bits per heavy atom. The molecule has 0 atom stereocenters. The summed E-state index contributed by atoms with van der Waals surface area (Å²) in [6.45, 7) is 4.54. The largest absolute Gasteiger partial charge is 0.333 e. The molecule has 0 radical (unpaired) electrons. The van der Waals surface area contributed by atoms with Crippen LogP contribution in [0.2, 0.25) is 0 Å². The Balaban J connectivity index is 0.000000461. The first-order valence-corrected chi connectivity index (χ1v) is 5.11. The summed E-state index contributed by atoms with van der Waals surface area (Å²) < 4.78 is 0. The van der Waals surface area contributed by atoms with Gasteiger partial charge in [0.2, 0.25) is 0 Å². The van der Waals surface area contributed by atoms with Crippen molar-refractivity contribution < 1.29 is 0 Å². The highest BCUT2D eigenvalue weighted by atomic mass is 15.1. The number of rotatable bonds is 0. The van der Waals surface area contributed by atoms with Gasteiger partial charge in [0.25, 0.3) is 0 Å². The molecule has 0 fully saturated rings. The Labute approximate surface area is 86.7 Å². The second-order valence-corrected chi connectivity index (χ2v) is 3.70. The number of hydrogen-bond acceptors (Lipinski definition) is 2. The number of aryl methyl sites for hydroxylation is 1. The van der Waals surface area contributed by atoms with Crippen LogP contribution in [0.3, 0.4) is 0 Å². The summed E-state index contributed by atoms with van der Waals surface area (Å²) in [5.74, 6) is 0. The van der Waals surface area contributed by atoms with E-state index >= 15 is 0 Å². The van der Waals surface area contributed by atoms with Crippen molar-refractivity contribution in [3.63, 3.8) is 0 Å². The summed E-state index contributed by atoms with van der Waals surface area (Å²) in [7, 11) is 3.69. The molecule has 2 heteroatoms. The maximum Gasteiger partial charge on any atom is 0.0233 e. The molecule has 78 valence electrons. The van der Waals surface area contributed by atoms with Crippen molar-refractivity contribution in [3.05, 3.63) is 34.9 Å². The van der Waals surface area contributed by atoms with Gasteiger partial charge >= 0.3 is 0 Å². The van der Waals surface area contributed by atoms with Crippen LogP contribution < -0.4 is 5.73 Å². The molecule has 0 spiro atoms. The summed E-state index contributed by atoms with van der Waals surface area (Å²) in [5.41, 5.74) is 9.06. The molecule has 2 nitrogen and oxygen atoms in total. The van der Waals surface area contributed by atoms with Gasteiger partial charge in [-0.25, -0.2) is 0 Å². The van der Waals surface area contributed by atoms with Gasteiger partial charge in [0.15, 0.2) is 0 Å². The molecule has 0 unspecified atom stereocenters. The maximum atomic E-state index is 4.50. The Bertz CT molecular complexity index is 294. The zero-order chi connectivity index (χ0) is 10.6. The molecule has 2 N–H and O–H groups in total. The SMILES string of the molecule is CN.Cc1cccc2c1CCN(C)C2. The first-order chi connectivity index (χ1) is 6.77. The molecule has 1 aliphatic rings. The van der Waals surface area contributed by atoms with Gasteiger partial charge in [-0.2, -0.15) is 0 Å². The number of likely N-dealkylation sites (N-methyl/N-ethyl adjacent to an activating group) is 1. The van der Waals surface area contributed by atoms with E-state index in [1.807, 2.05) is 0 Å². The van der Waals surface area contributed by atoms with E-state index in [4.69, 9.17) is 0 Å². The zero-order valence-electron chi connectivity index (χ0n) is 9.38. The van der Waals surface area contributed by atoms with E-state index in [-0.39, 0.29) is 0 Å². The van der Waals surface area contributed by atoms with Crippen LogP contribution in [0.25, 0.3) is 0 Å². The molecule has 0 aromatic heterocycles. The van der Waals surface area contributed by atoms with Gasteiger partial charge < -0.3 is 10.6 Å². The third-order valence-electron chi connectivity index (χ3n) is 2.69. The van der Waals surface area contributed by atoms with Crippen LogP contribution in [0.4, 0.5) is 0 Å². The average molecular weight is 192 g/mol. The van der Waals surface area contributed by atoms with Crippen molar-refractivity contribution in [2.75, 3.05) is 20.6 Å². The predicted octanol–water partition coefficient (Wildman–Crippen LogP) is 1.56. The number of benzene rings is 1. The average Bonchev–Trinajstić information content (AvgIpc) is 2.21. The lowest BCUT2D eigenvalue weighted by Gasteiger charge is -2.25. The van der Waals surface area contributed by atoms with E-state index < -0.39 is 0 Å². The van der Waals surface area contributed by atoms with Crippen molar-refractivity contribution >= 4 is 0 Å². The fourth-order valence-electron chi connectivity index (χ4n) is 1.94. The molecule has 1 aliphatic heterocycles. The molecular formula is C12H20N2. The fraction of sp³-hybridized carbons (Fsp3) is 0.500. The summed E-state index contributed by atoms with van der Waals surface area (Å²) in [6, 6.07) is 6.62. The number of nitrogens with zero attached hydrogens (tertiary/aromatic N) is 1. The van der Waals surface area contributed by atoms with E-state index in [1.54, 1.807) is 5.56 Å². The molecule has 1 aromatic carbocycles. The molecular weight excluding hydrogens is 172 g/mol. The van der Waals surface area contributed by atoms with Crippen LogP contribution >= 0.6 is 0 Å². The lowest BCUT2D eigenvalue weighted by Crippen LogP contribution is -2.26. The van der Waals surface area contributed by atoms with E-state index in [1.165, 1.54) is 31.1 Å². The van der Waals surface area contributed by atoms with Crippen LogP contribution in [0.5, 0.6) is 0 Å². The third-order valence-corrected chi connectivity index (χ3v) is 2.69. The lowest BCUT2D eigenvalue weighted by molar-refractivity contribution is 0.312. The predicted molar refractivity (Wildman–Crippen MR) is 61.3 cm³/mol. The minimum absolute atomic E-state index is 1.12. The zero-order valence-corrected chi connectivity index (χ0v) is 9.38. The quantitative estimate of drug-likeness (QED) is 0.676. The molecule has 0 saturated heterocycles. The van der Waals surface area contributed by atoms with Gasteiger partial charge in [0.05, 0.1) is 0 Å². The van der Waals surface area contributed by atoms with Gasteiger partial charge in [-0.05, 0) is 44.1 Å². The standard InChI is InChI=1S/C11H15N.CH5N/c1-9-4-3-5-10-8-12(2)7-6-11(9)10;1-2/h3-5H,6-8H2,1-2H3;2H2,1H3. The molecule has 2 rings (SSSR count). The van der Waals surface area contributed by atoms with E-state index in [9.17, 15) is 0 Å². The Kier molecular flexibility index (Phi) is 4.11. The van der Waals surface area contributed by atoms with Gasteiger partial charge in [0, 0.05) is 13.1 Å². The van der Waals surface area contributed by atoms with Gasteiger partial charge in [-0.1, -0.05) is 18.2 Å². The van der Waals surface area contributed by atoms with E-state index in [0.29, 0.717) is 0 Å². The summed E-state index contributed by atoms with van der Waals surface area (Å²) in [5, 5.41) is 0. The second-order valence-electron chi connectivity index (χ2n) is 3.70. The summed E-state index contributed by atoms with van der Waals surface area (Å²) in [4.78, 5) is 2.38. The van der Waals surface area contributed by atoms with E-state index in [0.717, 1.165) is 6.54 Å². The number of nitrogens with two attached hydrogens (primary N) is 1. The number of hydrogen-bond donors (Lipinski definition) is 1. The van der Waals surface area contributed by atoms with Crippen LogP contribution in [0.15, 0.2) is 18.2 Å². The van der Waals surface area contributed by atoms with Crippen LogP contribution in [0, 0.1) is 6.92 Å². The first kappa shape index (κ1) is 11.2. The molecule has 1 aromatic rings. The second kappa shape index (κ2) is 5.13. The Morgan fingerprint density at radius 1 is 1.29 bits per heavy atom. The van der Waals surface area contributed by atoms with Crippen LogP contribution in [-0.4, -0.2) is 25.5 Å². The molecule has 0 amide bonds. The molecule has 14 heavy (non-hydrogen) atoms. The maximum absolute atomic E-state index is 4.50. The lowest BCUT2D eigenvalue weighted by atomic mass is 9.96. The molecule has 1 heterocycles. The van der Waals surface area contributed by atoms with Gasteiger partial charge in [0.1, 0.15) is 0 Å². The van der Waals surface area contributed by atoms with E-state index in [2.05, 4.69) is 42.8 Å².